The number of piperazine rings is 1. The van der Waals surface area contributed by atoms with Crippen molar-refractivity contribution >= 4 is 23.4 Å². The number of anilines is 1. The maximum Gasteiger partial charge on any atom is 0.417 e. The molecule has 31 heavy (non-hydrogen) atoms. The van der Waals surface area contributed by atoms with Crippen molar-refractivity contribution in [2.75, 3.05) is 38.0 Å². The van der Waals surface area contributed by atoms with Crippen LogP contribution in [0.3, 0.4) is 0 Å². The molecule has 10 heteroatoms. The van der Waals surface area contributed by atoms with Gasteiger partial charge in [0.25, 0.3) is 11.8 Å². The van der Waals surface area contributed by atoms with Crippen LogP contribution in [0.15, 0.2) is 48.5 Å². The Labute approximate surface area is 176 Å². The second kappa shape index (κ2) is 9.17. The third-order valence-electron chi connectivity index (χ3n) is 4.96. The van der Waals surface area contributed by atoms with Crippen LogP contribution >= 0.6 is 0 Å². The van der Waals surface area contributed by atoms with E-state index in [1.807, 2.05) is 0 Å². The maximum absolute atomic E-state index is 13.2. The van der Waals surface area contributed by atoms with E-state index in [0.29, 0.717) is 18.8 Å². The van der Waals surface area contributed by atoms with Crippen LogP contribution in [0.5, 0.6) is 0 Å². The van der Waals surface area contributed by atoms with Crippen LogP contribution < -0.4 is 11.1 Å². The fraction of sp³-hybridized carbons (Fsp3) is 0.286. The number of nitrogens with zero attached hydrogens (tertiary/aromatic N) is 2. The molecule has 0 aliphatic carbocycles. The number of para-hydroxylation sites is 1. The molecule has 3 amide bonds. The smallest absolute Gasteiger partial charge is 0.366 e. The van der Waals surface area contributed by atoms with E-state index < -0.39 is 23.6 Å². The van der Waals surface area contributed by atoms with E-state index in [9.17, 15) is 27.6 Å². The number of amides is 3. The topological polar surface area (TPSA) is 95.7 Å². The number of carbonyl (C=O) groups excluding carboxylic acids is 3. The number of nitrogens with two attached hydrogens (primary N) is 1. The van der Waals surface area contributed by atoms with Crippen LogP contribution in [0.2, 0.25) is 0 Å². The molecule has 164 valence electrons. The Kier molecular flexibility index (Phi) is 6.59. The highest BCUT2D eigenvalue weighted by atomic mass is 19.4. The highest BCUT2D eigenvalue weighted by Crippen LogP contribution is 2.32. The monoisotopic (exact) mass is 434 g/mol. The van der Waals surface area contributed by atoms with Gasteiger partial charge in [-0.1, -0.05) is 24.3 Å². The Morgan fingerprint density at radius 2 is 1.48 bits per heavy atom. The van der Waals surface area contributed by atoms with Gasteiger partial charge in [-0.15, -0.1) is 0 Å². The summed E-state index contributed by atoms with van der Waals surface area (Å²) in [5.41, 5.74) is 4.44. The molecular formula is C21H21F3N4O3. The van der Waals surface area contributed by atoms with Crippen molar-refractivity contribution in [2.45, 2.75) is 6.18 Å². The lowest BCUT2D eigenvalue weighted by Crippen LogP contribution is -2.50. The number of nitrogens with one attached hydrogen (secondary N) is 1. The molecule has 1 saturated heterocycles. The minimum atomic E-state index is -4.62. The van der Waals surface area contributed by atoms with Crippen LogP contribution in [0.4, 0.5) is 18.9 Å². The molecule has 1 aliphatic heterocycles. The van der Waals surface area contributed by atoms with Crippen LogP contribution in [-0.4, -0.2) is 60.2 Å². The summed E-state index contributed by atoms with van der Waals surface area (Å²) in [5.74, 6) is -1.72. The van der Waals surface area contributed by atoms with Gasteiger partial charge in [0.05, 0.1) is 28.9 Å². The number of rotatable bonds is 5. The van der Waals surface area contributed by atoms with Crippen LogP contribution in [-0.2, 0) is 11.0 Å². The zero-order valence-corrected chi connectivity index (χ0v) is 16.5. The Bertz CT molecular complexity index is 986. The molecular weight excluding hydrogens is 413 g/mol. The van der Waals surface area contributed by atoms with Crippen molar-refractivity contribution in [1.82, 2.24) is 9.80 Å². The molecule has 0 saturated carbocycles. The normalized spacial score (nSPS) is 14.9. The molecule has 3 N–H and O–H groups in total. The minimum Gasteiger partial charge on any atom is -0.366 e. The van der Waals surface area contributed by atoms with Crippen LogP contribution in [0, 0.1) is 0 Å². The summed E-state index contributed by atoms with van der Waals surface area (Å²) in [5, 5.41) is 2.64. The van der Waals surface area contributed by atoms with Gasteiger partial charge in [-0.3, -0.25) is 19.3 Å². The molecule has 0 spiro atoms. The van der Waals surface area contributed by atoms with Gasteiger partial charge in [0.1, 0.15) is 0 Å². The Hall–Kier alpha value is -3.40. The van der Waals surface area contributed by atoms with Gasteiger partial charge in [0.15, 0.2) is 0 Å². The quantitative estimate of drug-likeness (QED) is 0.754. The second-order valence-corrected chi connectivity index (χ2v) is 7.07. The summed E-state index contributed by atoms with van der Waals surface area (Å²) in [6.07, 6.45) is -4.62. The van der Waals surface area contributed by atoms with Gasteiger partial charge in [0, 0.05) is 26.2 Å². The Morgan fingerprint density at radius 1 is 0.903 bits per heavy atom. The highest BCUT2D eigenvalue weighted by Gasteiger charge is 2.36. The average molecular weight is 434 g/mol. The molecule has 1 fully saturated rings. The van der Waals surface area contributed by atoms with E-state index in [2.05, 4.69) is 5.32 Å². The number of hydrogen-bond acceptors (Lipinski definition) is 4. The molecule has 0 radical (unpaired) electrons. The van der Waals surface area contributed by atoms with Crippen LogP contribution in [0.25, 0.3) is 0 Å². The SMILES string of the molecule is NC(=O)c1ccccc1NC(=O)CN1CCN(C(=O)c2ccccc2C(F)(F)F)CC1. The van der Waals surface area contributed by atoms with E-state index >= 15 is 0 Å². The third-order valence-corrected chi connectivity index (χ3v) is 4.96. The number of halogens is 3. The molecule has 0 atom stereocenters. The van der Waals surface area contributed by atoms with Gasteiger partial charge in [-0.05, 0) is 24.3 Å². The van der Waals surface area contributed by atoms with Gasteiger partial charge >= 0.3 is 6.18 Å². The van der Waals surface area contributed by atoms with E-state index in [-0.39, 0.29) is 36.7 Å². The predicted molar refractivity (Wildman–Crippen MR) is 107 cm³/mol. The first-order valence-corrected chi connectivity index (χ1v) is 9.53. The summed E-state index contributed by atoms with van der Waals surface area (Å²) >= 11 is 0. The first-order chi connectivity index (χ1) is 14.7. The molecule has 1 aliphatic rings. The minimum absolute atomic E-state index is 0.00820. The number of primary amides is 1. The Morgan fingerprint density at radius 3 is 2.10 bits per heavy atom. The molecule has 3 rings (SSSR count). The van der Waals surface area contributed by atoms with E-state index in [4.69, 9.17) is 5.73 Å². The summed E-state index contributed by atoms with van der Waals surface area (Å²) in [4.78, 5) is 39.5. The molecule has 7 nitrogen and oxygen atoms in total. The van der Waals surface area contributed by atoms with Crippen molar-refractivity contribution in [2.24, 2.45) is 5.73 Å². The Balaban J connectivity index is 1.58. The number of carbonyl (C=O) groups is 3. The molecule has 0 bridgehead atoms. The van der Waals surface area contributed by atoms with E-state index in [1.54, 1.807) is 23.1 Å². The lowest BCUT2D eigenvalue weighted by molar-refractivity contribution is -0.138. The van der Waals surface area contributed by atoms with Crippen molar-refractivity contribution < 1.29 is 27.6 Å². The lowest BCUT2D eigenvalue weighted by atomic mass is 10.1. The van der Waals surface area contributed by atoms with Gasteiger partial charge in [-0.2, -0.15) is 13.2 Å². The standard InChI is InChI=1S/C21H21F3N4O3/c22-21(23,24)16-7-3-1-5-14(16)20(31)28-11-9-27(10-12-28)13-18(29)26-17-8-4-2-6-15(17)19(25)30/h1-8H,9-13H2,(H2,25,30)(H,26,29). The molecule has 1 heterocycles. The zero-order chi connectivity index (χ0) is 22.6. The molecule has 2 aromatic carbocycles. The number of benzene rings is 2. The summed E-state index contributed by atoms with van der Waals surface area (Å²) in [7, 11) is 0. The van der Waals surface area contributed by atoms with Crippen LogP contribution in [0.1, 0.15) is 26.3 Å². The fourth-order valence-corrected chi connectivity index (χ4v) is 3.40. The molecule has 0 aromatic heterocycles. The van der Waals surface area contributed by atoms with Gasteiger partial charge in [-0.25, -0.2) is 0 Å². The second-order valence-electron chi connectivity index (χ2n) is 7.07. The van der Waals surface area contributed by atoms with Crippen molar-refractivity contribution in [3.05, 3.63) is 65.2 Å². The maximum atomic E-state index is 13.2. The summed E-state index contributed by atoms with van der Waals surface area (Å²) in [6.45, 7) is 1.04. The predicted octanol–water partition coefficient (Wildman–Crippen LogP) is 2.20. The highest BCUT2D eigenvalue weighted by molar-refractivity contribution is 6.03. The van der Waals surface area contributed by atoms with Crippen molar-refractivity contribution in [3.63, 3.8) is 0 Å². The third kappa shape index (κ3) is 5.40. The largest absolute Gasteiger partial charge is 0.417 e. The fourth-order valence-electron chi connectivity index (χ4n) is 3.40. The zero-order valence-electron chi connectivity index (χ0n) is 16.5. The summed E-state index contributed by atoms with van der Waals surface area (Å²) in [6, 6.07) is 11.0. The van der Waals surface area contributed by atoms with E-state index in [1.165, 1.54) is 29.2 Å². The molecule has 2 aromatic rings. The summed E-state index contributed by atoms with van der Waals surface area (Å²) < 4.78 is 39.6. The van der Waals surface area contributed by atoms with Crippen molar-refractivity contribution in [1.29, 1.82) is 0 Å². The first-order valence-electron chi connectivity index (χ1n) is 9.53. The van der Waals surface area contributed by atoms with E-state index in [0.717, 1.165) is 6.07 Å². The first kappa shape index (κ1) is 22.3. The lowest BCUT2D eigenvalue weighted by Gasteiger charge is -2.34. The molecule has 0 unspecified atom stereocenters. The van der Waals surface area contributed by atoms with Crippen molar-refractivity contribution in [3.8, 4) is 0 Å². The average Bonchev–Trinajstić information content (AvgIpc) is 2.73. The van der Waals surface area contributed by atoms with Gasteiger partial charge in [0.2, 0.25) is 5.91 Å². The number of hydrogen-bond donors (Lipinski definition) is 2. The van der Waals surface area contributed by atoms with Gasteiger partial charge < -0.3 is 16.0 Å². The number of alkyl halides is 3.